The Labute approximate surface area is 332 Å². The summed E-state index contributed by atoms with van der Waals surface area (Å²) in [4.78, 5) is 60.6. The first-order valence-corrected chi connectivity index (χ1v) is 19.2. The molecule has 2 fully saturated rings. The molecule has 3 amide bonds. The summed E-state index contributed by atoms with van der Waals surface area (Å²) in [5, 5.41) is 11.0. The van der Waals surface area contributed by atoms with Gasteiger partial charge >= 0.3 is 12.0 Å². The van der Waals surface area contributed by atoms with Gasteiger partial charge in [0.1, 0.15) is 6.04 Å². The van der Waals surface area contributed by atoms with Crippen LogP contribution < -0.4 is 15.4 Å². The molecule has 1 atom stereocenters. The summed E-state index contributed by atoms with van der Waals surface area (Å²) >= 11 is 1.35. The molecule has 3 heterocycles. The minimum atomic E-state index is -2.37. The smallest absolute Gasteiger partial charge is 0.345 e. The van der Waals surface area contributed by atoms with Crippen LogP contribution in [0.4, 0.5) is 26.7 Å². The average Bonchev–Trinajstić information content (AvgIpc) is 3.89. The molecular weight excluding hydrogens is 784 g/mol. The van der Waals surface area contributed by atoms with Crippen molar-refractivity contribution in [2.24, 2.45) is 5.92 Å². The molecule has 300 valence electrons. The van der Waals surface area contributed by atoms with Crippen LogP contribution in [0.25, 0.3) is 23.1 Å². The molecule has 1 aliphatic heterocycles. The number of likely N-dealkylation sites (tertiary alicyclic amines) is 1. The van der Waals surface area contributed by atoms with Crippen molar-refractivity contribution in [1.82, 2.24) is 30.3 Å². The van der Waals surface area contributed by atoms with Gasteiger partial charge in [-0.3, -0.25) is 19.4 Å². The number of aromatic nitrogens is 3. The van der Waals surface area contributed by atoms with Crippen LogP contribution in [0.15, 0.2) is 76.7 Å². The van der Waals surface area contributed by atoms with Crippen LogP contribution in [0.2, 0.25) is 0 Å². The molecule has 1 saturated carbocycles. The van der Waals surface area contributed by atoms with Gasteiger partial charge in [0.05, 0.1) is 28.4 Å². The van der Waals surface area contributed by atoms with Gasteiger partial charge in [0.15, 0.2) is 0 Å². The minimum absolute atomic E-state index is 0.106. The lowest BCUT2D eigenvalue weighted by atomic mass is 9.86. The van der Waals surface area contributed by atoms with E-state index in [1.165, 1.54) is 21.3 Å². The number of benzene rings is 3. The first kappa shape index (κ1) is 40.1. The second-order valence-corrected chi connectivity index (χ2v) is 14.9. The van der Waals surface area contributed by atoms with Gasteiger partial charge in [0.2, 0.25) is 40.7 Å². The van der Waals surface area contributed by atoms with Crippen LogP contribution in [-0.4, -0.2) is 69.2 Å². The summed E-state index contributed by atoms with van der Waals surface area (Å²) in [5.41, 5.74) is 2.14. The third-order valence-electron chi connectivity index (χ3n) is 10.1. The summed E-state index contributed by atoms with van der Waals surface area (Å²) in [7, 11) is 1.55. The lowest BCUT2D eigenvalue weighted by Crippen LogP contribution is -2.50. The number of carbonyl (C=O) groups excluding carboxylic acids is 4. The SMILES string of the molecule is CNC(=O)c1ccccc1Sc1ccc2c(/C=C/c3ccccn3)nn(C(=O)N3CCC[C@H]3C(=O)NC3CCC(C(=O)Oc4c(F)c(F)c(F)c(F)c4F)CC3)c2c1. The molecule has 58 heavy (non-hydrogen) atoms. The summed E-state index contributed by atoms with van der Waals surface area (Å²) < 4.78 is 74.8. The van der Waals surface area contributed by atoms with Crippen molar-refractivity contribution in [3.05, 3.63) is 113 Å². The number of nitrogens with zero attached hydrogens (tertiary/aromatic N) is 4. The number of ether oxygens (including phenoxy) is 1. The molecule has 7 rings (SSSR count). The monoisotopic (exact) mass is 818 g/mol. The highest BCUT2D eigenvalue weighted by Crippen LogP contribution is 2.35. The van der Waals surface area contributed by atoms with Crippen molar-refractivity contribution in [1.29, 1.82) is 0 Å². The Balaban J connectivity index is 1.07. The van der Waals surface area contributed by atoms with Crippen LogP contribution in [0.1, 0.15) is 60.3 Å². The highest BCUT2D eigenvalue weighted by molar-refractivity contribution is 7.99. The number of carbonyl (C=O) groups is 4. The zero-order valence-electron chi connectivity index (χ0n) is 30.8. The number of esters is 1. The van der Waals surface area contributed by atoms with Crippen LogP contribution in [0.3, 0.4) is 0 Å². The summed E-state index contributed by atoms with van der Waals surface area (Å²) in [6.45, 7) is 0.279. The second kappa shape index (κ2) is 17.2. The number of amides is 3. The maximum atomic E-state index is 14.4. The van der Waals surface area contributed by atoms with E-state index in [1.807, 2.05) is 42.5 Å². The third kappa shape index (κ3) is 8.16. The largest absolute Gasteiger partial charge is 0.420 e. The Hall–Kier alpha value is -6.10. The average molecular weight is 819 g/mol. The van der Waals surface area contributed by atoms with Crippen LogP contribution in [0.5, 0.6) is 5.75 Å². The fraction of sp³-hybridized carbons (Fsp3) is 0.268. The van der Waals surface area contributed by atoms with E-state index in [1.54, 1.807) is 43.6 Å². The Morgan fingerprint density at radius 1 is 0.845 bits per heavy atom. The summed E-state index contributed by atoms with van der Waals surface area (Å²) in [6.07, 6.45) is 6.83. The van der Waals surface area contributed by atoms with Crippen molar-refractivity contribution in [3.8, 4) is 5.75 Å². The Morgan fingerprint density at radius 3 is 2.26 bits per heavy atom. The maximum absolute atomic E-state index is 14.4. The number of hydrogen-bond donors (Lipinski definition) is 2. The fourth-order valence-corrected chi connectivity index (χ4v) is 8.09. The molecule has 0 radical (unpaired) electrons. The number of nitrogens with one attached hydrogen (secondary N) is 2. The van der Waals surface area contributed by atoms with E-state index in [2.05, 4.69) is 20.4 Å². The Morgan fingerprint density at radius 2 is 1.55 bits per heavy atom. The first-order chi connectivity index (χ1) is 27.9. The molecule has 0 unspecified atom stereocenters. The second-order valence-electron chi connectivity index (χ2n) is 13.8. The van der Waals surface area contributed by atoms with E-state index in [4.69, 9.17) is 5.10 Å². The molecule has 2 aromatic heterocycles. The molecule has 1 aliphatic carbocycles. The van der Waals surface area contributed by atoms with E-state index >= 15 is 0 Å². The third-order valence-corrected chi connectivity index (χ3v) is 11.2. The van der Waals surface area contributed by atoms with Gasteiger partial charge in [-0.25, -0.2) is 18.0 Å². The molecule has 17 heteroatoms. The Kier molecular flexibility index (Phi) is 11.9. The van der Waals surface area contributed by atoms with Gasteiger partial charge < -0.3 is 20.3 Å². The topological polar surface area (TPSA) is 136 Å². The minimum Gasteiger partial charge on any atom is -0.420 e. The molecule has 5 aromatic rings. The molecule has 0 bridgehead atoms. The van der Waals surface area contributed by atoms with Gasteiger partial charge in [0, 0.05) is 41.0 Å². The van der Waals surface area contributed by atoms with Crippen molar-refractivity contribution >= 4 is 58.6 Å². The highest BCUT2D eigenvalue weighted by atomic mass is 32.2. The van der Waals surface area contributed by atoms with E-state index < -0.39 is 70.7 Å². The zero-order valence-corrected chi connectivity index (χ0v) is 31.6. The van der Waals surface area contributed by atoms with E-state index in [0.717, 1.165) is 4.90 Å². The van der Waals surface area contributed by atoms with Crippen molar-refractivity contribution < 1.29 is 45.9 Å². The molecule has 2 N–H and O–H groups in total. The quantitative estimate of drug-likeness (QED) is 0.0513. The van der Waals surface area contributed by atoms with E-state index in [9.17, 15) is 41.1 Å². The fourth-order valence-electron chi connectivity index (χ4n) is 7.11. The summed E-state index contributed by atoms with van der Waals surface area (Å²) in [6, 6.07) is 16.4. The molecule has 3 aromatic carbocycles. The lowest BCUT2D eigenvalue weighted by molar-refractivity contribution is -0.140. The molecule has 2 aliphatic rings. The number of halogens is 5. The van der Waals surface area contributed by atoms with Gasteiger partial charge in [-0.2, -0.15) is 18.6 Å². The molecule has 1 saturated heterocycles. The highest BCUT2D eigenvalue weighted by Gasteiger charge is 2.38. The van der Waals surface area contributed by atoms with E-state index in [-0.39, 0.29) is 38.1 Å². The molecular formula is C41H35F5N6O5S. The standard InChI is InChI=1S/C41H35F5N6O5S/c1-47-38(53)27-8-2-3-10-31(27)58-25-16-17-26-28(18-15-23-7-4-5-19-48-23)50-52(30(26)21-25)41(56)51-20-6-9-29(51)39(54)49-24-13-11-22(12-14-24)40(55)57-37-35(45)33(43)32(42)34(44)36(37)46/h2-5,7-8,10,15-19,21-22,24,29H,6,9,11-14,20H2,1H3,(H,47,53)(H,49,54)/b18-15+/t22?,24?,29-/m0/s1. The van der Waals surface area contributed by atoms with Gasteiger partial charge in [-0.1, -0.05) is 30.0 Å². The van der Waals surface area contributed by atoms with Crippen LogP contribution in [0, 0.1) is 35.0 Å². The van der Waals surface area contributed by atoms with Crippen LogP contribution in [-0.2, 0) is 9.59 Å². The van der Waals surface area contributed by atoms with Crippen molar-refractivity contribution in [2.75, 3.05) is 13.6 Å². The van der Waals surface area contributed by atoms with Gasteiger partial charge in [-0.05, 0) is 93.1 Å². The Bertz CT molecular complexity index is 2410. The molecule has 11 nitrogen and oxygen atoms in total. The predicted molar refractivity (Wildman–Crippen MR) is 203 cm³/mol. The van der Waals surface area contributed by atoms with Crippen molar-refractivity contribution in [2.45, 2.75) is 60.4 Å². The van der Waals surface area contributed by atoms with Crippen LogP contribution >= 0.6 is 11.8 Å². The number of rotatable bonds is 9. The normalized spacial score (nSPS) is 18.1. The van der Waals surface area contributed by atoms with Gasteiger partial charge in [-0.15, -0.1) is 0 Å². The first-order valence-electron chi connectivity index (χ1n) is 18.4. The molecule has 0 spiro atoms. The van der Waals surface area contributed by atoms with Gasteiger partial charge in [0.25, 0.3) is 5.91 Å². The zero-order chi connectivity index (χ0) is 41.1. The van der Waals surface area contributed by atoms with E-state index in [0.29, 0.717) is 45.6 Å². The number of hydrogen-bond acceptors (Lipinski definition) is 8. The predicted octanol–water partition coefficient (Wildman–Crippen LogP) is 7.52. The lowest BCUT2D eigenvalue weighted by Gasteiger charge is -2.30. The van der Waals surface area contributed by atoms with Crippen molar-refractivity contribution in [3.63, 3.8) is 0 Å². The maximum Gasteiger partial charge on any atom is 0.345 e. The summed E-state index contributed by atoms with van der Waals surface area (Å²) in [5.74, 6) is -15.7. The number of pyridine rings is 1. The number of fused-ring (bicyclic) bond motifs is 1.